The van der Waals surface area contributed by atoms with Crippen molar-refractivity contribution >= 4 is 0 Å². The second-order valence-corrected chi connectivity index (χ2v) is 3.84. The maximum atomic E-state index is 8.24. The predicted molar refractivity (Wildman–Crippen MR) is 68.7 cm³/mol. The highest BCUT2D eigenvalue weighted by Crippen LogP contribution is 1.99. The molecule has 0 radical (unpaired) electrons. The number of hydrogen-bond acceptors (Lipinski definition) is 2. The summed E-state index contributed by atoms with van der Waals surface area (Å²) in [7, 11) is 0. The lowest BCUT2D eigenvalue weighted by molar-refractivity contribution is 0.0904. The topological polar surface area (TPSA) is 29.5 Å². The number of benzene rings is 1. The molecular weight excluding hydrogens is 200 g/mol. The van der Waals surface area contributed by atoms with Crippen LogP contribution in [0.25, 0.3) is 0 Å². The van der Waals surface area contributed by atoms with E-state index in [-0.39, 0.29) is 6.61 Å². The van der Waals surface area contributed by atoms with Crippen molar-refractivity contribution < 1.29 is 9.84 Å². The monoisotopic (exact) mass is 224 g/mol. The Morgan fingerprint density at radius 2 is 1.50 bits per heavy atom. The van der Waals surface area contributed by atoms with Crippen molar-refractivity contribution in [1.29, 1.82) is 0 Å². The number of hydrogen-bond donors (Lipinski definition) is 1. The van der Waals surface area contributed by atoms with Crippen LogP contribution in [0.5, 0.6) is 0 Å². The zero-order valence-electron chi connectivity index (χ0n) is 10.7. The molecule has 0 atom stereocenters. The van der Waals surface area contributed by atoms with Gasteiger partial charge in [-0.05, 0) is 20.3 Å². The van der Waals surface area contributed by atoms with Gasteiger partial charge in [0.1, 0.15) is 0 Å². The average molecular weight is 224 g/mol. The van der Waals surface area contributed by atoms with Crippen molar-refractivity contribution in [2.24, 2.45) is 0 Å². The Bertz CT molecular complexity index is 214. The van der Waals surface area contributed by atoms with E-state index >= 15 is 0 Å². The van der Waals surface area contributed by atoms with Crippen LogP contribution in [0.2, 0.25) is 0 Å². The lowest BCUT2D eigenvalue weighted by Crippen LogP contribution is -1.99. The van der Waals surface area contributed by atoms with Crippen molar-refractivity contribution in [2.75, 3.05) is 19.8 Å². The second kappa shape index (κ2) is 10.7. The van der Waals surface area contributed by atoms with Crippen LogP contribution in [0.1, 0.15) is 30.9 Å². The van der Waals surface area contributed by atoms with Crippen molar-refractivity contribution in [3.05, 3.63) is 35.4 Å². The van der Waals surface area contributed by atoms with Crippen LogP contribution >= 0.6 is 0 Å². The molecule has 0 aliphatic rings. The van der Waals surface area contributed by atoms with Gasteiger partial charge in [0.15, 0.2) is 0 Å². The van der Waals surface area contributed by atoms with Gasteiger partial charge in [0.05, 0.1) is 13.2 Å². The van der Waals surface area contributed by atoms with Crippen LogP contribution in [0, 0.1) is 13.8 Å². The summed E-state index contributed by atoms with van der Waals surface area (Å²) < 4.78 is 4.97. The minimum absolute atomic E-state index is 0.143. The highest BCUT2D eigenvalue weighted by atomic mass is 16.5. The van der Waals surface area contributed by atoms with Crippen molar-refractivity contribution in [3.8, 4) is 0 Å². The molecule has 0 aromatic heterocycles. The third kappa shape index (κ3) is 9.69. The summed E-state index contributed by atoms with van der Waals surface area (Å²) in [6.07, 6.45) is 2.26. The molecule has 92 valence electrons. The van der Waals surface area contributed by atoms with Gasteiger partial charge in [0.2, 0.25) is 0 Å². The molecule has 1 aromatic rings. The van der Waals surface area contributed by atoms with Crippen molar-refractivity contribution in [3.63, 3.8) is 0 Å². The molecule has 0 heterocycles. The molecule has 1 rings (SSSR count). The summed E-state index contributed by atoms with van der Waals surface area (Å²) in [5.74, 6) is 0. The zero-order chi connectivity index (χ0) is 12.2. The van der Waals surface area contributed by atoms with Gasteiger partial charge < -0.3 is 9.84 Å². The van der Waals surface area contributed by atoms with E-state index in [4.69, 9.17) is 9.84 Å². The summed E-state index contributed by atoms with van der Waals surface area (Å²) >= 11 is 0. The largest absolute Gasteiger partial charge is 0.394 e. The molecule has 16 heavy (non-hydrogen) atoms. The molecule has 0 saturated heterocycles. The zero-order valence-corrected chi connectivity index (χ0v) is 10.7. The summed E-state index contributed by atoms with van der Waals surface area (Å²) in [5.41, 5.74) is 2.66. The van der Waals surface area contributed by atoms with Crippen LogP contribution in [0.3, 0.4) is 0 Å². The van der Waals surface area contributed by atoms with Gasteiger partial charge in [-0.1, -0.05) is 48.7 Å². The Hall–Kier alpha value is -0.860. The molecule has 1 aromatic carbocycles. The first-order chi connectivity index (χ1) is 7.70. The first-order valence-corrected chi connectivity index (χ1v) is 5.92. The quantitative estimate of drug-likeness (QED) is 0.779. The number of rotatable bonds is 5. The van der Waals surface area contributed by atoms with Crippen LogP contribution in [-0.4, -0.2) is 24.9 Å². The van der Waals surface area contributed by atoms with Crippen LogP contribution < -0.4 is 0 Å². The molecule has 0 fully saturated rings. The number of aliphatic hydroxyl groups is 1. The molecule has 2 heteroatoms. The number of aryl methyl sites for hydroxylation is 2. The van der Waals surface area contributed by atoms with Gasteiger partial charge in [-0.15, -0.1) is 0 Å². The van der Waals surface area contributed by atoms with E-state index in [1.165, 1.54) is 11.1 Å². The maximum absolute atomic E-state index is 8.24. The van der Waals surface area contributed by atoms with E-state index in [9.17, 15) is 0 Å². The fraction of sp³-hybridized carbons (Fsp3) is 0.571. The first kappa shape index (κ1) is 15.1. The number of ether oxygens (including phenoxy) is 1. The van der Waals surface area contributed by atoms with Crippen LogP contribution in [0.4, 0.5) is 0 Å². The third-order valence-corrected chi connectivity index (χ3v) is 2.10. The molecule has 0 aliphatic carbocycles. The smallest absolute Gasteiger partial charge is 0.0697 e. The van der Waals surface area contributed by atoms with E-state index in [0.29, 0.717) is 6.61 Å². The summed E-state index contributed by atoms with van der Waals surface area (Å²) in [4.78, 5) is 0. The molecule has 0 unspecified atom stereocenters. The molecule has 0 amide bonds. The predicted octanol–water partition coefficient (Wildman–Crippen LogP) is 3.10. The number of unbranched alkanes of at least 4 members (excludes halogenated alkanes) is 1. The van der Waals surface area contributed by atoms with Crippen molar-refractivity contribution in [2.45, 2.75) is 33.6 Å². The number of aliphatic hydroxyl groups excluding tert-OH is 1. The van der Waals surface area contributed by atoms with Gasteiger partial charge >= 0.3 is 0 Å². The molecule has 0 spiro atoms. The van der Waals surface area contributed by atoms with E-state index in [0.717, 1.165) is 19.4 Å². The summed E-state index contributed by atoms with van der Waals surface area (Å²) in [6.45, 7) is 7.72. The fourth-order valence-electron chi connectivity index (χ4n) is 1.05. The lowest BCUT2D eigenvalue weighted by Gasteiger charge is -1.97. The Kier molecular flexibility index (Phi) is 10.1. The van der Waals surface area contributed by atoms with E-state index in [1.807, 2.05) is 0 Å². The lowest BCUT2D eigenvalue weighted by atomic mass is 10.2. The van der Waals surface area contributed by atoms with Crippen molar-refractivity contribution in [1.82, 2.24) is 0 Å². The van der Waals surface area contributed by atoms with Gasteiger partial charge in [0.25, 0.3) is 0 Å². The SMILES string of the molecule is CCCCOCCO.Cc1ccc(C)cc1. The van der Waals surface area contributed by atoms with E-state index < -0.39 is 0 Å². The minimum Gasteiger partial charge on any atom is -0.394 e. The van der Waals surface area contributed by atoms with Crippen LogP contribution in [-0.2, 0) is 4.74 Å². The highest BCUT2D eigenvalue weighted by Gasteiger charge is 1.82. The van der Waals surface area contributed by atoms with E-state index in [1.54, 1.807) is 0 Å². The molecular formula is C14H24O2. The first-order valence-electron chi connectivity index (χ1n) is 5.92. The van der Waals surface area contributed by atoms with Gasteiger partial charge in [0, 0.05) is 6.61 Å². The molecule has 2 nitrogen and oxygen atoms in total. The highest BCUT2D eigenvalue weighted by molar-refractivity contribution is 5.19. The van der Waals surface area contributed by atoms with Crippen LogP contribution in [0.15, 0.2) is 24.3 Å². The molecule has 0 aliphatic heterocycles. The summed E-state index contributed by atoms with van der Waals surface area (Å²) in [6, 6.07) is 8.48. The third-order valence-electron chi connectivity index (χ3n) is 2.10. The Balaban J connectivity index is 0.000000281. The normalized spacial score (nSPS) is 9.50. The standard InChI is InChI=1S/C8H10.C6H14O2/c1-7-3-5-8(2)6-4-7;1-2-3-5-8-6-4-7/h3-6H,1-2H3;7H,2-6H2,1H3. The Morgan fingerprint density at radius 3 is 1.88 bits per heavy atom. The second-order valence-electron chi connectivity index (χ2n) is 3.84. The molecule has 1 N–H and O–H groups in total. The van der Waals surface area contributed by atoms with Gasteiger partial charge in [-0.2, -0.15) is 0 Å². The Labute approximate surface area is 99.3 Å². The summed E-state index contributed by atoms with van der Waals surface area (Å²) in [5, 5.41) is 8.24. The maximum Gasteiger partial charge on any atom is 0.0697 e. The minimum atomic E-state index is 0.143. The van der Waals surface area contributed by atoms with Gasteiger partial charge in [-0.25, -0.2) is 0 Å². The Morgan fingerprint density at radius 1 is 1.00 bits per heavy atom. The molecule has 0 bridgehead atoms. The van der Waals surface area contributed by atoms with Gasteiger partial charge in [-0.3, -0.25) is 0 Å². The fourth-order valence-corrected chi connectivity index (χ4v) is 1.05. The average Bonchev–Trinajstić information content (AvgIpc) is 2.30. The van der Waals surface area contributed by atoms with E-state index in [2.05, 4.69) is 45.0 Å². The molecule has 0 saturated carbocycles.